The van der Waals surface area contributed by atoms with Gasteiger partial charge in [0.05, 0.1) is 19.3 Å². The maximum atomic E-state index is 14.0. The second kappa shape index (κ2) is 10.2. The van der Waals surface area contributed by atoms with Crippen molar-refractivity contribution in [2.24, 2.45) is 4.99 Å². The molecule has 1 saturated heterocycles. The van der Waals surface area contributed by atoms with Gasteiger partial charge in [-0.1, -0.05) is 6.07 Å². The topological polar surface area (TPSA) is 46.1 Å². The van der Waals surface area contributed by atoms with E-state index in [0.29, 0.717) is 25.0 Å². The van der Waals surface area contributed by atoms with Gasteiger partial charge in [-0.05, 0) is 51.3 Å². The van der Waals surface area contributed by atoms with Crippen molar-refractivity contribution in [2.45, 2.75) is 46.3 Å². The van der Waals surface area contributed by atoms with E-state index in [1.54, 1.807) is 6.07 Å². The van der Waals surface area contributed by atoms with Crippen molar-refractivity contribution in [1.82, 2.24) is 10.2 Å². The molecule has 1 N–H and O–H groups in total. The van der Waals surface area contributed by atoms with E-state index in [-0.39, 0.29) is 5.82 Å². The first-order valence-corrected chi connectivity index (χ1v) is 9.24. The van der Waals surface area contributed by atoms with E-state index in [0.717, 1.165) is 50.6 Å². The summed E-state index contributed by atoms with van der Waals surface area (Å²) in [5.74, 6) is 0.837. The van der Waals surface area contributed by atoms with E-state index in [9.17, 15) is 4.39 Å². The predicted octanol–water partition coefficient (Wildman–Crippen LogP) is 3.19. The van der Waals surface area contributed by atoms with Gasteiger partial charge in [-0.15, -0.1) is 0 Å². The zero-order chi connectivity index (χ0) is 18.1. The first-order valence-electron chi connectivity index (χ1n) is 9.24. The molecule has 0 saturated carbocycles. The fourth-order valence-corrected chi connectivity index (χ4v) is 2.98. The van der Waals surface area contributed by atoms with Crippen LogP contribution < -0.4 is 10.1 Å². The molecule has 1 aromatic rings. The van der Waals surface area contributed by atoms with Gasteiger partial charge in [0.1, 0.15) is 0 Å². The SMILES string of the molecule is CCNC(=NCc1ccc(OCC)c(F)c1)N1CCC(OCC)CC1. The number of benzene rings is 1. The average molecular weight is 351 g/mol. The third kappa shape index (κ3) is 5.88. The van der Waals surface area contributed by atoms with Crippen molar-refractivity contribution < 1.29 is 13.9 Å². The summed E-state index contributed by atoms with van der Waals surface area (Å²) in [5, 5.41) is 3.33. The lowest BCUT2D eigenvalue weighted by molar-refractivity contribution is 0.0263. The summed E-state index contributed by atoms with van der Waals surface area (Å²) in [6, 6.07) is 5.03. The van der Waals surface area contributed by atoms with Gasteiger partial charge in [0.15, 0.2) is 17.5 Å². The van der Waals surface area contributed by atoms with E-state index < -0.39 is 0 Å². The number of halogens is 1. The Labute approximate surface area is 150 Å². The molecule has 25 heavy (non-hydrogen) atoms. The quantitative estimate of drug-likeness (QED) is 0.605. The van der Waals surface area contributed by atoms with Crippen LogP contribution in [0.5, 0.6) is 5.75 Å². The fraction of sp³-hybridized carbons (Fsp3) is 0.632. The molecule has 2 rings (SSSR count). The lowest BCUT2D eigenvalue weighted by atomic mass is 10.1. The maximum Gasteiger partial charge on any atom is 0.194 e. The maximum absolute atomic E-state index is 14.0. The number of hydrogen-bond donors (Lipinski definition) is 1. The smallest absolute Gasteiger partial charge is 0.194 e. The standard InChI is InChI=1S/C19H30FN3O2/c1-4-21-19(23-11-9-16(10-12-23)24-5-2)22-14-15-7-8-18(25-6-3)17(20)13-15/h7-8,13,16H,4-6,9-12,14H2,1-3H3,(H,21,22). The third-order valence-electron chi connectivity index (χ3n) is 4.19. The Morgan fingerprint density at radius 2 is 2.00 bits per heavy atom. The monoisotopic (exact) mass is 351 g/mol. The Balaban J connectivity index is 1.99. The van der Waals surface area contributed by atoms with E-state index in [1.165, 1.54) is 6.07 Å². The number of likely N-dealkylation sites (tertiary alicyclic amines) is 1. The minimum absolute atomic E-state index is 0.292. The molecule has 140 valence electrons. The molecule has 0 amide bonds. The van der Waals surface area contributed by atoms with Gasteiger partial charge < -0.3 is 19.7 Å². The summed E-state index contributed by atoms with van der Waals surface area (Å²) in [5.41, 5.74) is 0.834. The van der Waals surface area contributed by atoms with Gasteiger partial charge in [0.2, 0.25) is 0 Å². The first-order chi connectivity index (χ1) is 12.2. The van der Waals surface area contributed by atoms with Crippen molar-refractivity contribution in [3.05, 3.63) is 29.6 Å². The zero-order valence-corrected chi connectivity index (χ0v) is 15.6. The summed E-state index contributed by atoms with van der Waals surface area (Å²) in [4.78, 5) is 6.93. The Bertz CT molecular complexity index is 558. The third-order valence-corrected chi connectivity index (χ3v) is 4.19. The van der Waals surface area contributed by atoms with Gasteiger partial charge in [-0.3, -0.25) is 0 Å². The van der Waals surface area contributed by atoms with Crippen LogP contribution in [-0.2, 0) is 11.3 Å². The largest absolute Gasteiger partial charge is 0.491 e. The zero-order valence-electron chi connectivity index (χ0n) is 15.6. The van der Waals surface area contributed by atoms with E-state index in [2.05, 4.69) is 22.1 Å². The molecular weight excluding hydrogens is 321 g/mol. The molecule has 1 aliphatic rings. The fourth-order valence-electron chi connectivity index (χ4n) is 2.98. The highest BCUT2D eigenvalue weighted by Crippen LogP contribution is 2.19. The number of piperidine rings is 1. The number of hydrogen-bond acceptors (Lipinski definition) is 3. The molecule has 1 aromatic carbocycles. The van der Waals surface area contributed by atoms with Crippen LogP contribution in [-0.4, -0.2) is 49.8 Å². The van der Waals surface area contributed by atoms with Gasteiger partial charge in [0.25, 0.3) is 0 Å². The second-order valence-electron chi connectivity index (χ2n) is 6.01. The second-order valence-corrected chi connectivity index (χ2v) is 6.01. The highest BCUT2D eigenvalue weighted by atomic mass is 19.1. The van der Waals surface area contributed by atoms with Gasteiger partial charge in [0, 0.05) is 26.2 Å². The number of guanidine groups is 1. The van der Waals surface area contributed by atoms with Gasteiger partial charge in [-0.2, -0.15) is 0 Å². The number of nitrogens with zero attached hydrogens (tertiary/aromatic N) is 2. The lowest BCUT2D eigenvalue weighted by Crippen LogP contribution is -2.47. The number of ether oxygens (including phenoxy) is 2. The van der Waals surface area contributed by atoms with E-state index >= 15 is 0 Å². The predicted molar refractivity (Wildman–Crippen MR) is 98.6 cm³/mol. The van der Waals surface area contributed by atoms with Crippen LogP contribution >= 0.6 is 0 Å². The van der Waals surface area contributed by atoms with Crippen LogP contribution in [0.15, 0.2) is 23.2 Å². The molecule has 0 aromatic heterocycles. The molecule has 0 aliphatic carbocycles. The average Bonchev–Trinajstić information content (AvgIpc) is 2.62. The van der Waals surface area contributed by atoms with Gasteiger partial charge >= 0.3 is 0 Å². The molecule has 0 atom stereocenters. The van der Waals surface area contributed by atoms with Crippen LogP contribution in [0.25, 0.3) is 0 Å². The van der Waals surface area contributed by atoms with Crippen LogP contribution in [0, 0.1) is 5.82 Å². The summed E-state index contributed by atoms with van der Waals surface area (Å²) in [6.45, 7) is 10.3. The highest BCUT2D eigenvalue weighted by Gasteiger charge is 2.21. The Kier molecular flexibility index (Phi) is 7.98. The van der Waals surface area contributed by atoms with Crippen molar-refractivity contribution in [3.8, 4) is 5.75 Å². The molecule has 1 aliphatic heterocycles. The minimum atomic E-state index is -0.336. The molecule has 1 heterocycles. The van der Waals surface area contributed by atoms with Crippen LogP contribution in [0.3, 0.4) is 0 Å². The molecule has 6 heteroatoms. The number of rotatable bonds is 7. The molecule has 0 unspecified atom stereocenters. The van der Waals surface area contributed by atoms with Crippen molar-refractivity contribution in [3.63, 3.8) is 0 Å². The molecule has 0 radical (unpaired) electrons. The molecule has 0 bridgehead atoms. The van der Waals surface area contributed by atoms with Gasteiger partial charge in [-0.25, -0.2) is 9.38 Å². The summed E-state index contributed by atoms with van der Waals surface area (Å²) < 4.78 is 24.9. The molecule has 5 nitrogen and oxygen atoms in total. The number of aliphatic imine (C=N–C) groups is 1. The first kappa shape index (κ1) is 19.5. The van der Waals surface area contributed by atoms with E-state index in [1.807, 2.05) is 19.9 Å². The van der Waals surface area contributed by atoms with Crippen LogP contribution in [0.1, 0.15) is 39.2 Å². The minimum Gasteiger partial charge on any atom is -0.491 e. The Morgan fingerprint density at radius 1 is 1.24 bits per heavy atom. The Hall–Kier alpha value is -1.82. The van der Waals surface area contributed by atoms with E-state index in [4.69, 9.17) is 9.47 Å². The van der Waals surface area contributed by atoms with Crippen molar-refractivity contribution in [1.29, 1.82) is 0 Å². The summed E-state index contributed by atoms with van der Waals surface area (Å²) >= 11 is 0. The lowest BCUT2D eigenvalue weighted by Gasteiger charge is -2.34. The molecule has 0 spiro atoms. The van der Waals surface area contributed by atoms with Crippen LogP contribution in [0.2, 0.25) is 0 Å². The summed E-state index contributed by atoms with van der Waals surface area (Å²) in [6.07, 6.45) is 2.37. The highest BCUT2D eigenvalue weighted by molar-refractivity contribution is 5.80. The van der Waals surface area contributed by atoms with Crippen LogP contribution in [0.4, 0.5) is 4.39 Å². The normalized spacial score (nSPS) is 16.2. The number of nitrogens with one attached hydrogen (secondary N) is 1. The van der Waals surface area contributed by atoms with Crippen molar-refractivity contribution >= 4 is 5.96 Å². The molecular formula is C19H30FN3O2. The van der Waals surface area contributed by atoms with Crippen molar-refractivity contribution in [2.75, 3.05) is 32.8 Å². The summed E-state index contributed by atoms with van der Waals surface area (Å²) in [7, 11) is 0. The molecule has 1 fully saturated rings. The Morgan fingerprint density at radius 3 is 2.60 bits per heavy atom.